The average molecular weight is 1150 g/mol. The summed E-state index contributed by atoms with van der Waals surface area (Å²) in [6.45, 7) is 9.48. The quantitative estimate of drug-likeness (QED) is 0.0371. The highest BCUT2D eigenvalue weighted by Crippen LogP contribution is 2.39. The Kier molecular flexibility index (Phi) is 16.5. The zero-order valence-corrected chi connectivity index (χ0v) is 46.6. The number of fused-ring (bicyclic) bond motifs is 6. The maximum atomic E-state index is 13.0. The van der Waals surface area contributed by atoms with Gasteiger partial charge in [0, 0.05) is 104 Å². The Morgan fingerprint density at radius 2 is 1.19 bits per heavy atom. The molecule has 2 fully saturated rings. The van der Waals surface area contributed by atoms with Gasteiger partial charge in [0.15, 0.2) is 32.8 Å². The van der Waals surface area contributed by atoms with Crippen LogP contribution in [0, 0.1) is 50.4 Å². The largest absolute Gasteiger partial charge is 0.316 e. The van der Waals surface area contributed by atoms with Crippen LogP contribution in [0.15, 0.2) is 118 Å². The summed E-state index contributed by atoms with van der Waals surface area (Å²) in [7, 11) is 0. The van der Waals surface area contributed by atoms with Gasteiger partial charge in [0.05, 0.1) is 31.8 Å². The number of halogens is 1. The van der Waals surface area contributed by atoms with Gasteiger partial charge in [-0.05, 0) is 107 Å². The highest BCUT2D eigenvalue weighted by atomic mass is 127. The van der Waals surface area contributed by atoms with Gasteiger partial charge in [-0.3, -0.25) is 18.4 Å². The second-order valence-corrected chi connectivity index (χ2v) is 23.7. The predicted octanol–water partition coefficient (Wildman–Crippen LogP) is 14.3. The highest BCUT2D eigenvalue weighted by Gasteiger charge is 2.40. The van der Waals surface area contributed by atoms with Gasteiger partial charge in [0.2, 0.25) is 0 Å². The van der Waals surface area contributed by atoms with Crippen molar-refractivity contribution < 1.29 is 9.59 Å². The number of nitrogens with one attached hydrogen (secondary N) is 1. The molecule has 2 atom stereocenters. The number of alkyl halides is 1. The molecule has 0 bridgehead atoms. The normalized spacial score (nSPS) is 17.9. The molecule has 0 unspecified atom stereocenters. The van der Waals surface area contributed by atoms with Crippen molar-refractivity contribution in [2.24, 2.45) is 32.3 Å². The summed E-state index contributed by atoms with van der Waals surface area (Å²) in [6.07, 6.45) is 25.5. The molecule has 384 valence electrons. The van der Waals surface area contributed by atoms with Gasteiger partial charge in [0.1, 0.15) is 0 Å². The Morgan fingerprint density at radius 1 is 0.680 bits per heavy atom. The van der Waals surface area contributed by atoms with E-state index in [4.69, 9.17) is 22.8 Å². The SMILES string of the molecule is C#CCCC1(CCI)N=N1.C#CCCC1(CCN2CC[C@H](CCC(=O)c3ccc4c(c3)sc3nc(-c5ccc(C)cc5)cn34)C2)N=N1.Cc1ccc(-c2cn3c(n2)sc2cc(C(=O)CC[C@H]4CCNC4)ccc23)cc1. The number of aromatic nitrogens is 4. The molecule has 4 aromatic carbocycles. The summed E-state index contributed by atoms with van der Waals surface area (Å²) < 4.78 is 7.59. The van der Waals surface area contributed by atoms with E-state index in [0.717, 1.165) is 159 Å². The third-order valence-corrected chi connectivity index (χ3v) is 17.6. The number of ketones is 2. The molecule has 75 heavy (non-hydrogen) atoms. The molecule has 12 nitrogen and oxygen atoms in total. The van der Waals surface area contributed by atoms with E-state index in [0.29, 0.717) is 24.7 Å². The fourth-order valence-corrected chi connectivity index (χ4v) is 13.1. The van der Waals surface area contributed by atoms with Crippen LogP contribution in [0.4, 0.5) is 0 Å². The van der Waals surface area contributed by atoms with E-state index in [1.807, 2.05) is 24.3 Å². The fourth-order valence-electron chi connectivity index (χ4n) is 10.2. The van der Waals surface area contributed by atoms with Gasteiger partial charge < -0.3 is 10.2 Å². The van der Waals surface area contributed by atoms with Crippen molar-refractivity contribution in [2.45, 2.75) is 102 Å². The van der Waals surface area contributed by atoms with Gasteiger partial charge in [-0.2, -0.15) is 20.5 Å². The number of hydrogen-bond acceptors (Lipinski definition) is 12. The Bertz CT molecular complexity index is 3460. The molecule has 2 saturated heterocycles. The summed E-state index contributed by atoms with van der Waals surface area (Å²) in [5.74, 6) is 7.00. The number of rotatable bonds is 19. The number of likely N-dealkylation sites (tertiary alicyclic amines) is 1. The van der Waals surface area contributed by atoms with Crippen LogP contribution in [-0.4, -0.2) is 83.7 Å². The van der Waals surface area contributed by atoms with E-state index in [9.17, 15) is 9.59 Å². The first-order chi connectivity index (χ1) is 36.5. The second kappa shape index (κ2) is 23.5. The van der Waals surface area contributed by atoms with E-state index in [1.165, 1.54) is 17.5 Å². The first kappa shape index (κ1) is 52.5. The van der Waals surface area contributed by atoms with Crippen molar-refractivity contribution >= 4 is 87.2 Å². The number of benzene rings is 4. The minimum absolute atomic E-state index is 0.0481. The Hall–Kier alpha value is -5.95. The molecular formula is C60H63IN10O2S2. The molecule has 0 spiro atoms. The first-order valence-corrected chi connectivity index (χ1v) is 29.5. The summed E-state index contributed by atoms with van der Waals surface area (Å²) in [6, 6.07) is 29.0. The molecule has 4 aromatic heterocycles. The first-order valence-electron chi connectivity index (χ1n) is 26.3. The lowest BCUT2D eigenvalue weighted by atomic mass is 9.98. The smallest absolute Gasteiger partial charge is 0.195 e. The Labute approximate surface area is 461 Å². The standard InChI is InChI=1S/C30H31N5OS.C23H23N3OS.C7H9IN2/c1-3-4-14-30(32-33-30)15-17-34-16-13-22(19-34)7-12-27(36)24-10-11-26-28(18-24)37-29-31-25(20-35(26)29)23-8-5-21(2)6-9-23;1-15-2-5-17(6-3-15)19-14-26-20-8-7-18(12-22(20)28-23(26)25-19)21(27)9-4-16-10-11-24-13-16;1-2-3-4-7(5-6-8)9-10-7/h1,5-6,8-11,18,20,22H,4,7,12-17,19H2,2H3;2-3,5-8,12,14,16,24H,4,9-11,13H2,1H3;1H,3-6H2/t22-;16-;/m00./s1. The van der Waals surface area contributed by atoms with Crippen LogP contribution in [0.2, 0.25) is 0 Å². The number of terminal acetylenes is 2. The number of aryl methyl sites for hydroxylation is 2. The monoisotopic (exact) mass is 1150 g/mol. The van der Waals surface area contributed by atoms with Crippen LogP contribution in [-0.2, 0) is 0 Å². The Balaban J connectivity index is 0.000000148. The van der Waals surface area contributed by atoms with Gasteiger partial charge in [-0.1, -0.05) is 105 Å². The van der Waals surface area contributed by atoms with Crippen molar-refractivity contribution in [2.75, 3.05) is 37.2 Å². The van der Waals surface area contributed by atoms with E-state index in [2.05, 4.69) is 161 Å². The van der Waals surface area contributed by atoms with Gasteiger partial charge >= 0.3 is 0 Å². The number of carbonyl (C=O) groups is 2. The number of imidazole rings is 2. The maximum Gasteiger partial charge on any atom is 0.195 e. The van der Waals surface area contributed by atoms with Crippen LogP contribution in [0.5, 0.6) is 0 Å². The van der Waals surface area contributed by atoms with Gasteiger partial charge in [-0.15, -0.1) is 24.7 Å². The lowest BCUT2D eigenvalue weighted by Gasteiger charge is -2.18. The number of carbonyl (C=O) groups excluding carboxylic acids is 2. The number of thiazole rings is 2. The fraction of sp³-hybridized carbons (Fsp3) is 0.400. The maximum absolute atomic E-state index is 13.0. The minimum atomic E-state index is -0.204. The number of hydrogen-bond donors (Lipinski definition) is 1. The van der Waals surface area contributed by atoms with Gasteiger partial charge in [0.25, 0.3) is 0 Å². The molecular weight excluding hydrogens is 1080 g/mol. The van der Waals surface area contributed by atoms with E-state index in [1.54, 1.807) is 22.7 Å². The number of nitrogens with zero attached hydrogens (tertiary/aromatic N) is 9. The molecule has 0 saturated carbocycles. The van der Waals surface area contributed by atoms with Crippen LogP contribution < -0.4 is 5.32 Å². The zero-order valence-electron chi connectivity index (χ0n) is 42.8. The van der Waals surface area contributed by atoms with Crippen molar-refractivity contribution in [3.63, 3.8) is 0 Å². The van der Waals surface area contributed by atoms with E-state index in [-0.39, 0.29) is 22.9 Å². The minimum Gasteiger partial charge on any atom is -0.316 e. The molecule has 0 aliphatic carbocycles. The molecule has 15 heteroatoms. The predicted molar refractivity (Wildman–Crippen MR) is 314 cm³/mol. The van der Waals surface area contributed by atoms with Crippen LogP contribution in [0.3, 0.4) is 0 Å². The molecule has 0 radical (unpaired) electrons. The van der Waals surface area contributed by atoms with Crippen molar-refractivity contribution in [1.29, 1.82) is 0 Å². The molecule has 8 heterocycles. The lowest BCUT2D eigenvalue weighted by molar-refractivity contribution is 0.0966. The van der Waals surface area contributed by atoms with Crippen LogP contribution in [0.25, 0.3) is 52.9 Å². The zero-order chi connectivity index (χ0) is 51.9. The molecule has 0 amide bonds. The highest BCUT2D eigenvalue weighted by molar-refractivity contribution is 14.1. The lowest BCUT2D eigenvalue weighted by Crippen LogP contribution is -2.26. The molecule has 12 rings (SSSR count). The second-order valence-electron chi connectivity index (χ2n) is 20.6. The third-order valence-electron chi connectivity index (χ3n) is 15.0. The average Bonchev–Trinajstić information content (AvgIpc) is 3.82. The van der Waals surface area contributed by atoms with E-state index >= 15 is 0 Å². The van der Waals surface area contributed by atoms with Crippen LogP contribution in [0.1, 0.15) is 109 Å². The molecule has 8 aromatic rings. The number of Topliss-reactive ketones (excluding diaryl/α,β-unsaturated/α-hetero) is 2. The van der Waals surface area contributed by atoms with Crippen LogP contribution >= 0.6 is 45.3 Å². The van der Waals surface area contributed by atoms with Crippen molar-refractivity contribution in [1.82, 2.24) is 29.0 Å². The van der Waals surface area contributed by atoms with Crippen molar-refractivity contribution in [3.8, 4) is 47.2 Å². The summed E-state index contributed by atoms with van der Waals surface area (Å²) in [5, 5.41) is 19.8. The summed E-state index contributed by atoms with van der Waals surface area (Å²) in [5.41, 5.74) is 10.3. The topological polar surface area (TPSA) is 133 Å². The summed E-state index contributed by atoms with van der Waals surface area (Å²) in [4.78, 5) is 39.7. The molecule has 4 aliphatic heterocycles. The molecule has 1 N–H and O–H groups in total. The third kappa shape index (κ3) is 12.8. The molecule has 4 aliphatic rings. The van der Waals surface area contributed by atoms with Gasteiger partial charge in [-0.25, -0.2) is 9.97 Å². The van der Waals surface area contributed by atoms with Crippen molar-refractivity contribution in [3.05, 3.63) is 120 Å². The van der Waals surface area contributed by atoms with E-state index < -0.39 is 0 Å². The summed E-state index contributed by atoms with van der Waals surface area (Å²) >= 11 is 5.62. The Morgan fingerprint density at radius 3 is 1.65 bits per heavy atom.